The molecular weight excluding hydrogens is 312 g/mol. The van der Waals surface area contributed by atoms with Gasteiger partial charge in [-0.1, -0.05) is 6.07 Å². The molecule has 0 radical (unpaired) electrons. The second-order valence-electron chi connectivity index (χ2n) is 5.44. The highest BCUT2D eigenvalue weighted by Gasteiger charge is 2.14. The van der Waals surface area contributed by atoms with Gasteiger partial charge in [-0.25, -0.2) is 9.67 Å². The van der Waals surface area contributed by atoms with Crippen molar-refractivity contribution in [3.8, 4) is 0 Å². The Morgan fingerprint density at radius 3 is 3.22 bits per heavy atom. The lowest BCUT2D eigenvalue weighted by Gasteiger charge is -2.16. The highest BCUT2D eigenvalue weighted by molar-refractivity contribution is 7.09. The van der Waals surface area contributed by atoms with Crippen molar-refractivity contribution < 1.29 is 0 Å². The highest BCUT2D eigenvalue weighted by atomic mass is 32.1. The summed E-state index contributed by atoms with van der Waals surface area (Å²) in [5.74, 6) is 1.91. The number of nitrogens with one attached hydrogen (secondary N) is 2. The van der Waals surface area contributed by atoms with Crippen LogP contribution in [0.3, 0.4) is 0 Å². The highest BCUT2D eigenvalue weighted by Crippen LogP contribution is 2.17. The van der Waals surface area contributed by atoms with Gasteiger partial charge in [-0.2, -0.15) is 0 Å². The normalized spacial score (nSPS) is 13.7. The maximum absolute atomic E-state index is 4.41. The van der Waals surface area contributed by atoms with Crippen LogP contribution in [0, 0.1) is 0 Å². The van der Waals surface area contributed by atoms with Crippen molar-refractivity contribution in [1.29, 1.82) is 0 Å². The van der Waals surface area contributed by atoms with Crippen molar-refractivity contribution >= 4 is 17.2 Å². The van der Waals surface area contributed by atoms with Crippen molar-refractivity contribution in [2.75, 3.05) is 12.0 Å². The summed E-state index contributed by atoms with van der Waals surface area (Å²) >= 11 is 1.73. The van der Waals surface area contributed by atoms with Crippen LogP contribution in [0.15, 0.2) is 23.8 Å². The molecule has 0 aromatic carbocycles. The van der Waals surface area contributed by atoms with Crippen molar-refractivity contribution in [2.45, 2.75) is 32.5 Å². The minimum Gasteiger partial charge on any atom is -0.356 e. The van der Waals surface area contributed by atoms with E-state index in [4.69, 9.17) is 0 Å². The zero-order valence-corrected chi connectivity index (χ0v) is 13.5. The standard InChI is InChI=1S/C14H18N8S/c1-3-11(23-6-1)7-13-18-19-20-22(13)5-2-4-21-10-17-14-12(21)8-15-9-16-14/h1,3,6,10,15-16H,2,4-5,7-9H2. The van der Waals surface area contributed by atoms with Crippen LogP contribution in [0.4, 0.5) is 5.82 Å². The third-order valence-electron chi connectivity index (χ3n) is 3.91. The Morgan fingerprint density at radius 1 is 1.30 bits per heavy atom. The quantitative estimate of drug-likeness (QED) is 0.703. The first-order valence-electron chi connectivity index (χ1n) is 7.66. The van der Waals surface area contributed by atoms with E-state index in [9.17, 15) is 0 Å². The molecule has 1 aliphatic rings. The molecule has 8 nitrogen and oxygen atoms in total. The second kappa shape index (κ2) is 6.47. The van der Waals surface area contributed by atoms with Crippen LogP contribution < -0.4 is 10.6 Å². The third-order valence-corrected chi connectivity index (χ3v) is 4.78. The van der Waals surface area contributed by atoms with Crippen molar-refractivity contribution in [3.05, 3.63) is 40.2 Å². The van der Waals surface area contributed by atoms with Gasteiger partial charge in [0.05, 0.1) is 18.7 Å². The Labute approximate surface area is 137 Å². The third kappa shape index (κ3) is 3.10. The van der Waals surface area contributed by atoms with Crippen LogP contribution in [0.2, 0.25) is 0 Å². The van der Waals surface area contributed by atoms with E-state index in [0.29, 0.717) is 0 Å². The Bertz CT molecular complexity index is 760. The number of rotatable bonds is 6. The van der Waals surface area contributed by atoms with Crippen LogP contribution in [0.1, 0.15) is 22.8 Å². The molecule has 9 heteroatoms. The Hall–Kier alpha value is -2.26. The topological polar surface area (TPSA) is 85.5 Å². The average molecular weight is 330 g/mol. The zero-order valence-electron chi connectivity index (χ0n) is 12.6. The predicted molar refractivity (Wildman–Crippen MR) is 87.1 cm³/mol. The number of fused-ring (bicyclic) bond motifs is 1. The van der Waals surface area contributed by atoms with E-state index in [1.807, 2.05) is 11.0 Å². The fraction of sp³-hybridized carbons (Fsp3) is 0.429. The number of aromatic nitrogens is 6. The number of tetrazole rings is 1. The van der Waals surface area contributed by atoms with E-state index >= 15 is 0 Å². The van der Waals surface area contributed by atoms with E-state index in [-0.39, 0.29) is 0 Å². The molecule has 0 unspecified atom stereocenters. The van der Waals surface area contributed by atoms with Gasteiger partial charge in [-0.3, -0.25) is 5.32 Å². The summed E-state index contributed by atoms with van der Waals surface area (Å²) < 4.78 is 4.09. The number of imidazole rings is 1. The smallest absolute Gasteiger partial charge is 0.156 e. The summed E-state index contributed by atoms with van der Waals surface area (Å²) in [7, 11) is 0. The first-order chi connectivity index (χ1) is 11.4. The molecule has 3 aromatic heterocycles. The van der Waals surface area contributed by atoms with E-state index in [1.165, 1.54) is 10.6 Å². The maximum atomic E-state index is 4.41. The van der Waals surface area contributed by atoms with Gasteiger partial charge in [-0.05, 0) is 28.3 Å². The van der Waals surface area contributed by atoms with E-state index in [1.54, 1.807) is 11.3 Å². The molecule has 0 fully saturated rings. The molecule has 4 heterocycles. The molecule has 23 heavy (non-hydrogen) atoms. The summed E-state index contributed by atoms with van der Waals surface area (Å²) in [6, 6.07) is 4.17. The molecule has 0 atom stereocenters. The van der Waals surface area contributed by atoms with E-state index in [2.05, 4.69) is 53.2 Å². The van der Waals surface area contributed by atoms with Crippen LogP contribution in [-0.4, -0.2) is 36.4 Å². The lowest BCUT2D eigenvalue weighted by Crippen LogP contribution is -2.28. The average Bonchev–Trinajstić information content (AvgIpc) is 3.30. The minimum absolute atomic E-state index is 0.778. The van der Waals surface area contributed by atoms with Crippen molar-refractivity contribution in [1.82, 2.24) is 35.1 Å². The predicted octanol–water partition coefficient (Wildman–Crippen LogP) is 1.08. The molecule has 0 aliphatic carbocycles. The number of nitrogens with zero attached hydrogens (tertiary/aromatic N) is 6. The van der Waals surface area contributed by atoms with E-state index < -0.39 is 0 Å². The van der Waals surface area contributed by atoms with Crippen LogP contribution in [0.25, 0.3) is 0 Å². The molecule has 0 amide bonds. The first kappa shape index (κ1) is 14.3. The first-order valence-corrected chi connectivity index (χ1v) is 8.54. The Balaban J connectivity index is 1.37. The van der Waals surface area contributed by atoms with Gasteiger partial charge in [0.2, 0.25) is 0 Å². The monoisotopic (exact) mass is 330 g/mol. The lowest BCUT2D eigenvalue weighted by atomic mass is 10.3. The van der Waals surface area contributed by atoms with Crippen LogP contribution >= 0.6 is 11.3 Å². The molecule has 0 saturated heterocycles. The van der Waals surface area contributed by atoms with Crippen LogP contribution in [0.5, 0.6) is 0 Å². The van der Waals surface area contributed by atoms with Gasteiger partial charge in [0, 0.05) is 30.9 Å². The number of thiophene rings is 1. The molecule has 0 spiro atoms. The lowest BCUT2D eigenvalue weighted by molar-refractivity contribution is 0.493. The molecule has 0 saturated carbocycles. The fourth-order valence-corrected chi connectivity index (χ4v) is 3.45. The Morgan fingerprint density at radius 2 is 2.30 bits per heavy atom. The summed E-state index contributed by atoms with van der Waals surface area (Å²) in [4.78, 5) is 5.69. The summed E-state index contributed by atoms with van der Waals surface area (Å²) in [5, 5.41) is 20.7. The van der Waals surface area contributed by atoms with Gasteiger partial charge in [0.25, 0.3) is 0 Å². The summed E-state index contributed by atoms with van der Waals surface area (Å²) in [5.41, 5.74) is 1.21. The van der Waals surface area contributed by atoms with Gasteiger partial charge in [0.15, 0.2) is 5.82 Å². The van der Waals surface area contributed by atoms with Crippen LogP contribution in [-0.2, 0) is 26.1 Å². The minimum atomic E-state index is 0.778. The van der Waals surface area contributed by atoms with Gasteiger partial charge in [0.1, 0.15) is 5.82 Å². The maximum Gasteiger partial charge on any atom is 0.156 e. The number of aryl methyl sites for hydroxylation is 2. The van der Waals surface area contributed by atoms with Crippen molar-refractivity contribution in [3.63, 3.8) is 0 Å². The molecule has 2 N–H and O–H groups in total. The number of anilines is 1. The zero-order chi connectivity index (χ0) is 15.5. The molecule has 3 aromatic rings. The second-order valence-corrected chi connectivity index (χ2v) is 6.47. The fourth-order valence-electron chi connectivity index (χ4n) is 2.74. The van der Waals surface area contributed by atoms with Gasteiger partial charge >= 0.3 is 0 Å². The van der Waals surface area contributed by atoms with Crippen molar-refractivity contribution in [2.24, 2.45) is 0 Å². The molecule has 1 aliphatic heterocycles. The molecule has 120 valence electrons. The molecule has 4 rings (SSSR count). The summed E-state index contributed by atoms with van der Waals surface area (Å²) in [6.45, 7) is 3.35. The SMILES string of the molecule is c1csc(Cc2nnnn2CCCn2cnc3c2CNCN3)c1. The van der Waals surface area contributed by atoms with Gasteiger partial charge < -0.3 is 9.88 Å². The van der Waals surface area contributed by atoms with E-state index in [0.717, 1.165) is 50.8 Å². The van der Waals surface area contributed by atoms with Gasteiger partial charge in [-0.15, -0.1) is 16.4 Å². The Kier molecular flexibility index (Phi) is 4.03. The molecule has 0 bridgehead atoms. The number of hydrogen-bond donors (Lipinski definition) is 2. The number of hydrogen-bond acceptors (Lipinski definition) is 7. The largest absolute Gasteiger partial charge is 0.356 e. The summed E-state index contributed by atoms with van der Waals surface area (Å²) in [6.07, 6.45) is 3.65. The molecular formula is C14H18N8S.